The molecule has 0 saturated carbocycles. The molecule has 0 saturated heterocycles. The van der Waals surface area contributed by atoms with Crippen molar-refractivity contribution in [1.82, 2.24) is 0 Å². The highest BCUT2D eigenvalue weighted by Gasteiger charge is 2.22. The molecule has 0 aliphatic rings. The standard InChI is InChI=1S/C13H21NS/c1-6-14(4)12-10-8-7-9-11(12)13(2,3)15-5/h7-10H,6H2,1-5H3. The number of anilines is 1. The minimum atomic E-state index is 0.181. The summed E-state index contributed by atoms with van der Waals surface area (Å²) in [7, 11) is 2.15. The number of thioether (sulfide) groups is 1. The second-order valence-electron chi connectivity index (χ2n) is 4.25. The van der Waals surface area contributed by atoms with Gasteiger partial charge in [0.05, 0.1) is 0 Å². The van der Waals surface area contributed by atoms with Crippen LogP contribution in [-0.4, -0.2) is 19.8 Å². The van der Waals surface area contributed by atoms with Gasteiger partial charge in [-0.25, -0.2) is 0 Å². The van der Waals surface area contributed by atoms with Crippen LogP contribution in [0.4, 0.5) is 5.69 Å². The summed E-state index contributed by atoms with van der Waals surface area (Å²) in [5.41, 5.74) is 2.77. The van der Waals surface area contributed by atoms with E-state index in [0.717, 1.165) is 6.54 Å². The molecule has 0 unspecified atom stereocenters. The van der Waals surface area contributed by atoms with Gasteiger partial charge in [-0.1, -0.05) is 18.2 Å². The molecule has 1 aromatic rings. The zero-order valence-electron chi connectivity index (χ0n) is 10.4. The molecule has 2 heteroatoms. The third kappa shape index (κ3) is 2.69. The Labute approximate surface area is 97.9 Å². The topological polar surface area (TPSA) is 3.24 Å². The monoisotopic (exact) mass is 223 g/mol. The summed E-state index contributed by atoms with van der Waals surface area (Å²) in [5, 5.41) is 0. The van der Waals surface area contributed by atoms with Crippen LogP contribution in [0.15, 0.2) is 24.3 Å². The Kier molecular flexibility index (Phi) is 4.09. The van der Waals surface area contributed by atoms with Gasteiger partial charge in [-0.2, -0.15) is 11.8 Å². The number of para-hydroxylation sites is 1. The number of benzene rings is 1. The Morgan fingerprint density at radius 1 is 1.27 bits per heavy atom. The smallest absolute Gasteiger partial charge is 0.0410 e. The van der Waals surface area contributed by atoms with E-state index >= 15 is 0 Å². The van der Waals surface area contributed by atoms with Crippen LogP contribution < -0.4 is 4.90 Å². The van der Waals surface area contributed by atoms with E-state index in [9.17, 15) is 0 Å². The molecule has 0 N–H and O–H groups in total. The zero-order chi connectivity index (χ0) is 11.5. The van der Waals surface area contributed by atoms with Gasteiger partial charge in [-0.05, 0) is 38.7 Å². The second-order valence-corrected chi connectivity index (χ2v) is 5.67. The molecule has 0 aliphatic carbocycles. The molecule has 1 rings (SSSR count). The second kappa shape index (κ2) is 4.93. The highest BCUT2D eigenvalue weighted by atomic mass is 32.2. The molecular weight excluding hydrogens is 202 g/mol. The number of hydrogen-bond acceptors (Lipinski definition) is 2. The largest absolute Gasteiger partial charge is 0.375 e. The van der Waals surface area contributed by atoms with E-state index in [1.165, 1.54) is 11.3 Å². The fourth-order valence-corrected chi connectivity index (χ4v) is 1.99. The maximum atomic E-state index is 2.30. The van der Waals surface area contributed by atoms with Crippen molar-refractivity contribution in [1.29, 1.82) is 0 Å². The van der Waals surface area contributed by atoms with Crippen LogP contribution >= 0.6 is 11.8 Å². The Bertz CT molecular complexity index is 320. The Hall–Kier alpha value is -0.630. The number of hydrogen-bond donors (Lipinski definition) is 0. The summed E-state index contributed by atoms with van der Waals surface area (Å²) in [6, 6.07) is 8.68. The predicted octanol–water partition coefficient (Wildman–Crippen LogP) is 3.74. The summed E-state index contributed by atoms with van der Waals surface area (Å²) in [4.78, 5) is 2.30. The lowest BCUT2D eigenvalue weighted by molar-refractivity contribution is 0.776. The van der Waals surface area contributed by atoms with E-state index in [0.29, 0.717) is 0 Å². The van der Waals surface area contributed by atoms with Crippen LogP contribution in [0, 0.1) is 0 Å². The molecular formula is C13H21NS. The molecule has 1 aromatic carbocycles. The first-order valence-electron chi connectivity index (χ1n) is 5.38. The van der Waals surface area contributed by atoms with Crippen molar-refractivity contribution in [2.75, 3.05) is 24.7 Å². The molecule has 0 bridgehead atoms. The van der Waals surface area contributed by atoms with Crippen LogP contribution in [0.3, 0.4) is 0 Å². The number of rotatable bonds is 4. The van der Waals surface area contributed by atoms with Crippen LogP contribution in [0.25, 0.3) is 0 Å². The maximum absolute atomic E-state index is 2.30. The van der Waals surface area contributed by atoms with Crippen molar-refractivity contribution >= 4 is 17.4 Å². The third-order valence-corrected chi connectivity index (χ3v) is 4.19. The summed E-state index contributed by atoms with van der Waals surface area (Å²) >= 11 is 1.90. The molecule has 0 spiro atoms. The molecule has 84 valence electrons. The van der Waals surface area contributed by atoms with Crippen molar-refractivity contribution in [3.05, 3.63) is 29.8 Å². The van der Waals surface area contributed by atoms with E-state index in [1.807, 2.05) is 11.8 Å². The average Bonchev–Trinajstić information content (AvgIpc) is 2.28. The lowest BCUT2D eigenvalue weighted by Gasteiger charge is -2.29. The number of nitrogens with zero attached hydrogens (tertiary/aromatic N) is 1. The molecule has 1 nitrogen and oxygen atoms in total. The van der Waals surface area contributed by atoms with Gasteiger partial charge in [-0.3, -0.25) is 0 Å². The van der Waals surface area contributed by atoms with E-state index in [4.69, 9.17) is 0 Å². The Balaban J connectivity index is 3.17. The predicted molar refractivity (Wildman–Crippen MR) is 71.9 cm³/mol. The first kappa shape index (κ1) is 12.4. The molecule has 0 heterocycles. The maximum Gasteiger partial charge on any atom is 0.0410 e. The molecule has 0 aromatic heterocycles. The van der Waals surface area contributed by atoms with E-state index in [2.05, 4.69) is 63.2 Å². The average molecular weight is 223 g/mol. The van der Waals surface area contributed by atoms with Gasteiger partial charge < -0.3 is 4.90 Å². The van der Waals surface area contributed by atoms with Crippen LogP contribution in [0.2, 0.25) is 0 Å². The molecule has 0 atom stereocenters. The van der Waals surface area contributed by atoms with Crippen LogP contribution in [-0.2, 0) is 4.75 Å². The molecule has 0 fully saturated rings. The normalized spacial score (nSPS) is 11.5. The van der Waals surface area contributed by atoms with Crippen molar-refractivity contribution in [2.24, 2.45) is 0 Å². The van der Waals surface area contributed by atoms with Gasteiger partial charge in [-0.15, -0.1) is 0 Å². The van der Waals surface area contributed by atoms with Crippen molar-refractivity contribution < 1.29 is 0 Å². The van der Waals surface area contributed by atoms with Crippen molar-refractivity contribution in [2.45, 2.75) is 25.5 Å². The lowest BCUT2D eigenvalue weighted by atomic mass is 9.99. The Morgan fingerprint density at radius 2 is 1.87 bits per heavy atom. The van der Waals surface area contributed by atoms with Gasteiger partial charge in [0.2, 0.25) is 0 Å². The summed E-state index contributed by atoms with van der Waals surface area (Å²) < 4.78 is 0.181. The quantitative estimate of drug-likeness (QED) is 0.765. The summed E-state index contributed by atoms with van der Waals surface area (Å²) in [6.07, 6.45) is 2.17. The van der Waals surface area contributed by atoms with Gasteiger partial charge in [0.1, 0.15) is 0 Å². The van der Waals surface area contributed by atoms with Gasteiger partial charge in [0.15, 0.2) is 0 Å². The van der Waals surface area contributed by atoms with Crippen LogP contribution in [0.5, 0.6) is 0 Å². The van der Waals surface area contributed by atoms with E-state index < -0.39 is 0 Å². The summed E-state index contributed by atoms with van der Waals surface area (Å²) in [6.45, 7) is 7.78. The lowest BCUT2D eigenvalue weighted by Crippen LogP contribution is -2.22. The highest BCUT2D eigenvalue weighted by molar-refractivity contribution is 7.99. The van der Waals surface area contributed by atoms with Gasteiger partial charge in [0, 0.05) is 24.0 Å². The van der Waals surface area contributed by atoms with Crippen LogP contribution in [0.1, 0.15) is 26.3 Å². The van der Waals surface area contributed by atoms with Gasteiger partial charge in [0.25, 0.3) is 0 Å². The van der Waals surface area contributed by atoms with E-state index in [-0.39, 0.29) is 4.75 Å². The molecule has 0 radical (unpaired) electrons. The highest BCUT2D eigenvalue weighted by Crippen LogP contribution is 2.38. The van der Waals surface area contributed by atoms with E-state index in [1.54, 1.807) is 0 Å². The summed E-state index contributed by atoms with van der Waals surface area (Å²) in [5.74, 6) is 0. The third-order valence-electron chi connectivity index (χ3n) is 2.95. The SMILES string of the molecule is CCN(C)c1ccccc1C(C)(C)SC. The molecule has 0 aliphatic heterocycles. The first-order valence-corrected chi connectivity index (χ1v) is 6.61. The van der Waals surface area contributed by atoms with Crippen molar-refractivity contribution in [3.8, 4) is 0 Å². The fourth-order valence-electron chi connectivity index (χ4n) is 1.60. The molecule has 15 heavy (non-hydrogen) atoms. The minimum Gasteiger partial charge on any atom is -0.375 e. The first-order chi connectivity index (χ1) is 7.03. The van der Waals surface area contributed by atoms with Crippen molar-refractivity contribution in [3.63, 3.8) is 0 Å². The minimum absolute atomic E-state index is 0.181. The van der Waals surface area contributed by atoms with Gasteiger partial charge >= 0.3 is 0 Å². The fraction of sp³-hybridized carbons (Fsp3) is 0.538. The Morgan fingerprint density at radius 3 is 2.40 bits per heavy atom. The zero-order valence-corrected chi connectivity index (χ0v) is 11.2. The molecule has 0 amide bonds.